The summed E-state index contributed by atoms with van der Waals surface area (Å²) in [5, 5.41) is 0. The second-order valence-electron chi connectivity index (χ2n) is 10.4. The first kappa shape index (κ1) is 16.8. The van der Waals surface area contributed by atoms with Gasteiger partial charge in [-0.15, -0.1) is 0 Å². The van der Waals surface area contributed by atoms with Gasteiger partial charge in [-0.1, -0.05) is 20.8 Å². The zero-order valence-corrected chi connectivity index (χ0v) is 15.9. The largest absolute Gasteiger partial charge is 0.300 e. The molecule has 3 atom stereocenters. The van der Waals surface area contributed by atoms with Gasteiger partial charge >= 0.3 is 0 Å². The van der Waals surface area contributed by atoms with Crippen molar-refractivity contribution in [3.8, 4) is 0 Å². The Morgan fingerprint density at radius 1 is 0.773 bits per heavy atom. The maximum absolute atomic E-state index is 2.85. The predicted molar refractivity (Wildman–Crippen MR) is 95.1 cm³/mol. The van der Waals surface area contributed by atoms with Gasteiger partial charge in [0.2, 0.25) is 0 Å². The Morgan fingerprint density at radius 3 is 1.68 bits per heavy atom. The minimum Gasteiger partial charge on any atom is -0.300 e. The topological polar surface area (TPSA) is 6.48 Å². The summed E-state index contributed by atoms with van der Waals surface area (Å²) in [7, 11) is 0. The van der Waals surface area contributed by atoms with E-state index in [4.69, 9.17) is 0 Å². The van der Waals surface area contributed by atoms with Gasteiger partial charge in [0.1, 0.15) is 0 Å². The molecule has 0 aromatic carbocycles. The molecule has 0 bridgehead atoms. The number of rotatable bonds is 1. The molecule has 3 rings (SSSR count). The molecular weight excluding hydrogens is 268 g/mol. The SMILES string of the molecule is CC(C)(C)C1CCN(C2C[C@@H]3CN(C(C)(C)C)C[C@@H]3C2)CC1. The first-order chi connectivity index (χ1) is 10.1. The molecule has 3 fully saturated rings. The minimum atomic E-state index is 0.366. The van der Waals surface area contributed by atoms with Gasteiger partial charge in [-0.3, -0.25) is 4.90 Å². The van der Waals surface area contributed by atoms with Crippen LogP contribution in [0.1, 0.15) is 67.2 Å². The van der Waals surface area contributed by atoms with Gasteiger partial charge in [0, 0.05) is 24.7 Å². The van der Waals surface area contributed by atoms with Gasteiger partial charge in [0.25, 0.3) is 0 Å². The van der Waals surface area contributed by atoms with Crippen LogP contribution in [-0.2, 0) is 0 Å². The van der Waals surface area contributed by atoms with Crippen LogP contribution in [0.3, 0.4) is 0 Å². The maximum atomic E-state index is 2.85. The summed E-state index contributed by atoms with van der Waals surface area (Å²) in [6.45, 7) is 19.8. The molecule has 1 unspecified atom stereocenters. The van der Waals surface area contributed by atoms with Crippen molar-refractivity contribution in [3.05, 3.63) is 0 Å². The average molecular weight is 307 g/mol. The third kappa shape index (κ3) is 3.38. The van der Waals surface area contributed by atoms with Gasteiger partial charge in [0.15, 0.2) is 0 Å². The van der Waals surface area contributed by atoms with Crippen molar-refractivity contribution < 1.29 is 0 Å². The first-order valence-corrected chi connectivity index (χ1v) is 9.63. The van der Waals surface area contributed by atoms with Crippen molar-refractivity contribution in [2.45, 2.75) is 78.8 Å². The fourth-order valence-corrected chi connectivity index (χ4v) is 5.24. The molecule has 2 aliphatic heterocycles. The van der Waals surface area contributed by atoms with E-state index in [-0.39, 0.29) is 0 Å². The fraction of sp³-hybridized carbons (Fsp3) is 1.00. The van der Waals surface area contributed by atoms with Crippen LogP contribution < -0.4 is 0 Å². The molecule has 2 heteroatoms. The van der Waals surface area contributed by atoms with E-state index in [1.807, 2.05) is 0 Å². The molecule has 2 heterocycles. The van der Waals surface area contributed by atoms with Crippen LogP contribution in [0.4, 0.5) is 0 Å². The Labute approximate surface area is 138 Å². The average Bonchev–Trinajstić information content (AvgIpc) is 2.95. The highest BCUT2D eigenvalue weighted by Crippen LogP contribution is 2.44. The molecule has 0 aromatic rings. The molecule has 22 heavy (non-hydrogen) atoms. The quantitative estimate of drug-likeness (QED) is 0.714. The monoisotopic (exact) mass is 306 g/mol. The van der Waals surface area contributed by atoms with Crippen LogP contribution in [0.15, 0.2) is 0 Å². The molecule has 2 saturated heterocycles. The van der Waals surface area contributed by atoms with Crippen LogP contribution >= 0.6 is 0 Å². The highest BCUT2D eigenvalue weighted by molar-refractivity contribution is 4.99. The number of fused-ring (bicyclic) bond motifs is 1. The van der Waals surface area contributed by atoms with Gasteiger partial charge in [-0.2, -0.15) is 0 Å². The van der Waals surface area contributed by atoms with Gasteiger partial charge in [-0.25, -0.2) is 0 Å². The van der Waals surface area contributed by atoms with E-state index in [1.54, 1.807) is 0 Å². The van der Waals surface area contributed by atoms with E-state index in [1.165, 1.54) is 51.9 Å². The van der Waals surface area contributed by atoms with E-state index in [0.29, 0.717) is 11.0 Å². The zero-order chi connectivity index (χ0) is 16.1. The van der Waals surface area contributed by atoms with Crippen molar-refractivity contribution in [2.75, 3.05) is 26.2 Å². The van der Waals surface area contributed by atoms with Crippen molar-refractivity contribution in [2.24, 2.45) is 23.2 Å². The number of hydrogen-bond donors (Lipinski definition) is 0. The van der Waals surface area contributed by atoms with Gasteiger partial charge in [0.05, 0.1) is 0 Å². The lowest BCUT2D eigenvalue weighted by Gasteiger charge is -2.41. The van der Waals surface area contributed by atoms with Crippen LogP contribution in [0.25, 0.3) is 0 Å². The van der Waals surface area contributed by atoms with Crippen LogP contribution in [-0.4, -0.2) is 47.6 Å². The Morgan fingerprint density at radius 2 is 1.27 bits per heavy atom. The summed E-state index contributed by atoms with van der Waals surface area (Å²) in [4.78, 5) is 5.58. The first-order valence-electron chi connectivity index (χ1n) is 9.63. The van der Waals surface area contributed by atoms with E-state index in [0.717, 1.165) is 23.8 Å². The molecule has 3 aliphatic rings. The third-order valence-electron chi connectivity index (χ3n) is 6.95. The highest BCUT2D eigenvalue weighted by atomic mass is 15.2. The van der Waals surface area contributed by atoms with E-state index in [2.05, 4.69) is 51.3 Å². The van der Waals surface area contributed by atoms with Crippen molar-refractivity contribution in [3.63, 3.8) is 0 Å². The lowest BCUT2D eigenvalue weighted by Crippen LogP contribution is -2.44. The lowest BCUT2D eigenvalue weighted by atomic mass is 9.75. The van der Waals surface area contributed by atoms with Crippen molar-refractivity contribution in [1.29, 1.82) is 0 Å². The molecule has 0 radical (unpaired) electrons. The predicted octanol–water partition coefficient (Wildman–Crippen LogP) is 4.25. The second-order valence-corrected chi connectivity index (χ2v) is 10.4. The van der Waals surface area contributed by atoms with Crippen molar-refractivity contribution in [1.82, 2.24) is 9.80 Å². The summed E-state index contributed by atoms with van der Waals surface area (Å²) >= 11 is 0. The molecule has 0 N–H and O–H groups in total. The maximum Gasteiger partial charge on any atom is 0.0125 e. The Balaban J connectivity index is 1.50. The molecular formula is C20H38N2. The number of nitrogens with zero attached hydrogens (tertiary/aromatic N) is 2. The van der Waals surface area contributed by atoms with E-state index < -0.39 is 0 Å². The Bertz CT molecular complexity index is 367. The van der Waals surface area contributed by atoms with Crippen LogP contribution in [0, 0.1) is 23.2 Å². The van der Waals surface area contributed by atoms with E-state index >= 15 is 0 Å². The minimum absolute atomic E-state index is 0.366. The van der Waals surface area contributed by atoms with Crippen LogP contribution in [0.5, 0.6) is 0 Å². The van der Waals surface area contributed by atoms with Crippen LogP contribution in [0.2, 0.25) is 0 Å². The standard InChI is InChI=1S/C20H38N2/c1-19(2,3)17-7-9-21(10-8-17)18-11-15-13-22(20(4,5)6)14-16(15)12-18/h15-18H,7-14H2,1-6H3/t15-,16+,18?. The second kappa shape index (κ2) is 5.77. The van der Waals surface area contributed by atoms with Gasteiger partial charge in [-0.05, 0) is 82.7 Å². The normalized spacial score (nSPS) is 36.0. The number of hydrogen-bond acceptors (Lipinski definition) is 2. The van der Waals surface area contributed by atoms with Crippen molar-refractivity contribution >= 4 is 0 Å². The number of piperidine rings is 1. The summed E-state index contributed by atoms with van der Waals surface area (Å²) in [6.07, 6.45) is 5.78. The molecule has 1 aliphatic carbocycles. The molecule has 1 saturated carbocycles. The molecule has 0 amide bonds. The fourth-order valence-electron chi connectivity index (χ4n) is 5.24. The van der Waals surface area contributed by atoms with Gasteiger partial charge < -0.3 is 4.90 Å². The Kier molecular flexibility index (Phi) is 4.40. The number of likely N-dealkylation sites (tertiary alicyclic amines) is 2. The molecule has 0 spiro atoms. The van der Waals surface area contributed by atoms with E-state index in [9.17, 15) is 0 Å². The smallest absolute Gasteiger partial charge is 0.0125 e. The molecule has 0 aromatic heterocycles. The Hall–Kier alpha value is -0.0800. The third-order valence-corrected chi connectivity index (χ3v) is 6.95. The summed E-state index contributed by atoms with van der Waals surface area (Å²) < 4.78 is 0. The lowest BCUT2D eigenvalue weighted by molar-refractivity contribution is 0.0764. The highest BCUT2D eigenvalue weighted by Gasteiger charge is 2.45. The summed E-state index contributed by atoms with van der Waals surface area (Å²) in [5.41, 5.74) is 0.871. The molecule has 2 nitrogen and oxygen atoms in total. The molecule has 128 valence electrons. The zero-order valence-electron chi connectivity index (χ0n) is 15.9. The summed E-state index contributed by atoms with van der Waals surface area (Å²) in [5.74, 6) is 2.88. The summed E-state index contributed by atoms with van der Waals surface area (Å²) in [6, 6.07) is 0.901.